The molecule has 22 heavy (non-hydrogen) atoms. The molecular formula is C16H14ClN3OS. The lowest BCUT2D eigenvalue weighted by atomic mass is 10.1. The first-order valence-corrected chi connectivity index (χ1v) is 8.22. The van der Waals surface area contributed by atoms with Crippen molar-refractivity contribution in [3.8, 4) is 6.07 Å². The van der Waals surface area contributed by atoms with Crippen LogP contribution >= 0.6 is 22.9 Å². The van der Waals surface area contributed by atoms with Gasteiger partial charge < -0.3 is 10.2 Å². The van der Waals surface area contributed by atoms with Gasteiger partial charge in [0.1, 0.15) is 11.1 Å². The zero-order chi connectivity index (χ0) is 15.5. The molecule has 1 amide bonds. The summed E-state index contributed by atoms with van der Waals surface area (Å²) in [6.45, 7) is 1.44. The van der Waals surface area contributed by atoms with Crippen molar-refractivity contribution in [1.82, 2.24) is 0 Å². The van der Waals surface area contributed by atoms with E-state index in [4.69, 9.17) is 16.9 Å². The second kappa shape index (κ2) is 6.39. The smallest absolute Gasteiger partial charge is 0.229 e. The second-order valence-corrected chi connectivity index (χ2v) is 6.47. The van der Waals surface area contributed by atoms with E-state index in [1.54, 1.807) is 11.4 Å². The normalized spacial score (nSPS) is 17.3. The number of carbonyl (C=O) groups excluding carboxylic acids is 1. The van der Waals surface area contributed by atoms with Crippen LogP contribution in [0.5, 0.6) is 0 Å². The van der Waals surface area contributed by atoms with Crippen LogP contribution in [0, 0.1) is 17.2 Å². The van der Waals surface area contributed by atoms with Gasteiger partial charge in [-0.1, -0.05) is 23.7 Å². The van der Waals surface area contributed by atoms with E-state index in [0.29, 0.717) is 22.1 Å². The van der Waals surface area contributed by atoms with Gasteiger partial charge in [-0.15, -0.1) is 11.3 Å². The zero-order valence-electron chi connectivity index (χ0n) is 11.8. The van der Waals surface area contributed by atoms with E-state index in [1.807, 2.05) is 24.3 Å². The van der Waals surface area contributed by atoms with Crippen molar-refractivity contribution in [1.29, 1.82) is 5.26 Å². The minimum atomic E-state index is -0.0927. The molecule has 0 unspecified atom stereocenters. The summed E-state index contributed by atoms with van der Waals surface area (Å²) in [6, 6.07) is 11.5. The predicted octanol–water partition coefficient (Wildman–Crippen LogP) is 3.74. The Morgan fingerprint density at radius 2 is 2.23 bits per heavy atom. The fourth-order valence-electron chi connectivity index (χ4n) is 2.61. The summed E-state index contributed by atoms with van der Waals surface area (Å²) >= 11 is 7.58. The Morgan fingerprint density at radius 1 is 1.41 bits per heavy atom. The molecule has 1 saturated heterocycles. The molecular weight excluding hydrogens is 318 g/mol. The van der Waals surface area contributed by atoms with Gasteiger partial charge in [-0.05, 0) is 30.0 Å². The fraction of sp³-hybridized carbons (Fsp3) is 0.250. The van der Waals surface area contributed by atoms with Gasteiger partial charge >= 0.3 is 0 Å². The van der Waals surface area contributed by atoms with E-state index in [1.165, 1.54) is 11.3 Å². The minimum Gasteiger partial charge on any atom is -0.370 e. The van der Waals surface area contributed by atoms with Crippen molar-refractivity contribution in [3.63, 3.8) is 0 Å². The van der Waals surface area contributed by atoms with Gasteiger partial charge in [0.15, 0.2) is 0 Å². The van der Waals surface area contributed by atoms with E-state index in [2.05, 4.69) is 16.3 Å². The van der Waals surface area contributed by atoms with Crippen LogP contribution in [0.3, 0.4) is 0 Å². The molecule has 4 nitrogen and oxygen atoms in total. The highest BCUT2D eigenvalue weighted by molar-refractivity contribution is 7.14. The summed E-state index contributed by atoms with van der Waals surface area (Å²) in [4.78, 5) is 14.5. The Hall–Kier alpha value is -2.03. The number of nitrogens with zero attached hydrogens (tertiary/aromatic N) is 2. The SMILES string of the molecule is N#Cc1ccsc1NC(=O)[C@@H]1CCN(c2ccccc2Cl)C1. The quantitative estimate of drug-likeness (QED) is 0.932. The van der Waals surface area contributed by atoms with Crippen LogP contribution in [0.15, 0.2) is 35.7 Å². The molecule has 0 saturated carbocycles. The number of amides is 1. The van der Waals surface area contributed by atoms with Crippen LogP contribution < -0.4 is 10.2 Å². The number of hydrogen-bond acceptors (Lipinski definition) is 4. The monoisotopic (exact) mass is 331 g/mol. The summed E-state index contributed by atoms with van der Waals surface area (Å²) in [6.07, 6.45) is 0.782. The van der Waals surface area contributed by atoms with E-state index in [0.717, 1.165) is 18.7 Å². The number of rotatable bonds is 3. The molecule has 0 bridgehead atoms. The number of carbonyl (C=O) groups is 1. The summed E-state index contributed by atoms with van der Waals surface area (Å²) < 4.78 is 0. The van der Waals surface area contributed by atoms with Gasteiger partial charge in [0.25, 0.3) is 0 Å². The number of benzene rings is 1. The van der Waals surface area contributed by atoms with Crippen LogP contribution in [-0.4, -0.2) is 19.0 Å². The molecule has 0 radical (unpaired) electrons. The van der Waals surface area contributed by atoms with Crippen LogP contribution in [0.2, 0.25) is 5.02 Å². The van der Waals surface area contributed by atoms with Crippen molar-refractivity contribution in [2.45, 2.75) is 6.42 Å². The Bertz CT molecular complexity index is 737. The highest BCUT2D eigenvalue weighted by Gasteiger charge is 2.29. The molecule has 1 aliphatic rings. The molecule has 1 aliphatic heterocycles. The van der Waals surface area contributed by atoms with Crippen molar-refractivity contribution >= 4 is 39.5 Å². The largest absolute Gasteiger partial charge is 0.370 e. The molecule has 2 aromatic rings. The standard InChI is InChI=1S/C16H14ClN3OS/c17-13-3-1-2-4-14(13)20-7-5-12(10-20)15(21)19-16-11(9-18)6-8-22-16/h1-4,6,8,12H,5,7,10H2,(H,19,21)/t12-/m1/s1. The van der Waals surface area contributed by atoms with Gasteiger partial charge in [0.2, 0.25) is 5.91 Å². The average molecular weight is 332 g/mol. The Labute approximate surface area is 137 Å². The Kier molecular flexibility index (Phi) is 4.32. The number of para-hydroxylation sites is 1. The summed E-state index contributed by atoms with van der Waals surface area (Å²) in [5.41, 5.74) is 1.48. The van der Waals surface area contributed by atoms with Crippen LogP contribution in [-0.2, 0) is 4.79 Å². The predicted molar refractivity (Wildman–Crippen MR) is 89.4 cm³/mol. The lowest BCUT2D eigenvalue weighted by Crippen LogP contribution is -2.27. The third-order valence-corrected chi connectivity index (χ3v) is 4.92. The van der Waals surface area contributed by atoms with Crippen LogP contribution in [0.1, 0.15) is 12.0 Å². The lowest BCUT2D eigenvalue weighted by molar-refractivity contribution is -0.119. The van der Waals surface area contributed by atoms with E-state index in [9.17, 15) is 4.79 Å². The molecule has 1 fully saturated rings. The molecule has 2 heterocycles. The van der Waals surface area contributed by atoms with Gasteiger partial charge in [-0.3, -0.25) is 4.79 Å². The molecule has 112 valence electrons. The third kappa shape index (κ3) is 2.94. The number of hydrogen-bond donors (Lipinski definition) is 1. The van der Waals surface area contributed by atoms with Crippen LogP contribution in [0.4, 0.5) is 10.7 Å². The van der Waals surface area contributed by atoms with Gasteiger partial charge in [-0.2, -0.15) is 5.26 Å². The molecule has 1 atom stereocenters. The van der Waals surface area contributed by atoms with Gasteiger partial charge in [0, 0.05) is 13.1 Å². The van der Waals surface area contributed by atoms with E-state index >= 15 is 0 Å². The second-order valence-electron chi connectivity index (χ2n) is 5.15. The van der Waals surface area contributed by atoms with Gasteiger partial charge in [-0.25, -0.2) is 0 Å². The Balaban J connectivity index is 1.67. The highest BCUT2D eigenvalue weighted by atomic mass is 35.5. The van der Waals surface area contributed by atoms with Crippen molar-refractivity contribution in [2.75, 3.05) is 23.3 Å². The average Bonchev–Trinajstić information content (AvgIpc) is 3.16. The molecule has 1 N–H and O–H groups in total. The summed E-state index contributed by atoms with van der Waals surface area (Å²) in [7, 11) is 0. The van der Waals surface area contributed by atoms with Crippen molar-refractivity contribution < 1.29 is 4.79 Å². The first kappa shape index (κ1) is 14.9. The number of nitrogens with one attached hydrogen (secondary N) is 1. The zero-order valence-corrected chi connectivity index (χ0v) is 13.3. The number of anilines is 2. The first-order valence-electron chi connectivity index (χ1n) is 6.97. The molecule has 0 spiro atoms. The number of nitriles is 1. The fourth-order valence-corrected chi connectivity index (χ4v) is 3.60. The molecule has 0 aliphatic carbocycles. The maximum absolute atomic E-state index is 12.4. The minimum absolute atomic E-state index is 0.0338. The highest BCUT2D eigenvalue weighted by Crippen LogP contribution is 2.31. The van der Waals surface area contributed by atoms with Gasteiger partial charge in [0.05, 0.1) is 22.2 Å². The summed E-state index contributed by atoms with van der Waals surface area (Å²) in [5, 5.41) is 15.0. The van der Waals surface area contributed by atoms with Crippen molar-refractivity contribution in [2.24, 2.45) is 5.92 Å². The van der Waals surface area contributed by atoms with E-state index < -0.39 is 0 Å². The van der Waals surface area contributed by atoms with Crippen LogP contribution in [0.25, 0.3) is 0 Å². The van der Waals surface area contributed by atoms with Crippen molar-refractivity contribution in [3.05, 3.63) is 46.3 Å². The maximum Gasteiger partial charge on any atom is 0.229 e. The summed E-state index contributed by atoms with van der Waals surface area (Å²) in [5.74, 6) is -0.126. The molecule has 6 heteroatoms. The van der Waals surface area contributed by atoms with E-state index in [-0.39, 0.29) is 11.8 Å². The first-order chi connectivity index (χ1) is 10.7. The Morgan fingerprint density at radius 3 is 3.00 bits per heavy atom. The number of thiophene rings is 1. The topological polar surface area (TPSA) is 56.1 Å². The maximum atomic E-state index is 12.4. The number of halogens is 1. The molecule has 3 rings (SSSR count). The third-order valence-electron chi connectivity index (χ3n) is 3.77. The molecule has 1 aromatic heterocycles. The lowest BCUT2D eigenvalue weighted by Gasteiger charge is -2.19. The molecule has 1 aromatic carbocycles.